The summed E-state index contributed by atoms with van der Waals surface area (Å²) in [6.07, 6.45) is 3.40. The molecule has 1 aromatic rings. The zero-order valence-corrected chi connectivity index (χ0v) is 11.2. The van der Waals surface area contributed by atoms with Crippen molar-refractivity contribution in [1.82, 2.24) is 9.03 Å². The Balaban J connectivity index is 2.54. The van der Waals surface area contributed by atoms with Gasteiger partial charge in [-0.1, -0.05) is 42.5 Å². The van der Waals surface area contributed by atoms with Crippen LogP contribution in [0.5, 0.6) is 0 Å². The van der Waals surface area contributed by atoms with Crippen LogP contribution in [0.15, 0.2) is 42.5 Å². The van der Waals surface area contributed by atoms with Crippen molar-refractivity contribution in [2.24, 2.45) is 5.73 Å². The third kappa shape index (κ3) is 4.97. The number of nitrogens with two attached hydrogens (primary N) is 1. The minimum Gasteiger partial charge on any atom is -0.327 e. The molecule has 0 radical (unpaired) electrons. The lowest BCUT2D eigenvalue weighted by molar-refractivity contribution is 0.457. The van der Waals surface area contributed by atoms with Crippen molar-refractivity contribution in [2.45, 2.75) is 6.54 Å². The first-order chi connectivity index (χ1) is 8.56. The van der Waals surface area contributed by atoms with Crippen LogP contribution in [0.4, 0.5) is 0 Å². The molecule has 0 aromatic heterocycles. The number of nitrogens with one attached hydrogen (secondary N) is 1. The molecule has 0 fully saturated rings. The smallest absolute Gasteiger partial charge is 0.279 e. The van der Waals surface area contributed by atoms with Gasteiger partial charge in [0.25, 0.3) is 10.2 Å². The second-order valence-corrected chi connectivity index (χ2v) is 5.66. The van der Waals surface area contributed by atoms with E-state index in [0.29, 0.717) is 13.1 Å². The van der Waals surface area contributed by atoms with Gasteiger partial charge in [0.1, 0.15) is 0 Å². The molecule has 5 nitrogen and oxygen atoms in total. The van der Waals surface area contributed by atoms with Gasteiger partial charge in [0.05, 0.1) is 0 Å². The number of benzene rings is 1. The van der Waals surface area contributed by atoms with Crippen LogP contribution >= 0.6 is 0 Å². The Morgan fingerprint density at radius 2 is 1.94 bits per heavy atom. The van der Waals surface area contributed by atoms with Crippen molar-refractivity contribution in [3.8, 4) is 0 Å². The lowest BCUT2D eigenvalue weighted by Crippen LogP contribution is -2.37. The fraction of sp³-hybridized carbons (Fsp3) is 0.333. The SMILES string of the molecule is CN(Cc1ccccc1)S(=O)(=O)NC/C=C/CN. The molecular formula is C12H19N3O2S. The van der Waals surface area contributed by atoms with E-state index < -0.39 is 10.2 Å². The van der Waals surface area contributed by atoms with E-state index in [2.05, 4.69) is 4.72 Å². The third-order valence-corrected chi connectivity index (χ3v) is 3.83. The van der Waals surface area contributed by atoms with Crippen LogP contribution in [-0.4, -0.2) is 32.9 Å². The highest BCUT2D eigenvalue weighted by Crippen LogP contribution is 2.05. The molecule has 0 unspecified atom stereocenters. The summed E-state index contributed by atoms with van der Waals surface area (Å²) in [5.41, 5.74) is 6.21. The highest BCUT2D eigenvalue weighted by Gasteiger charge is 2.16. The second-order valence-electron chi connectivity index (χ2n) is 3.80. The predicted octanol–water partition coefficient (Wildman–Crippen LogP) is 0.468. The summed E-state index contributed by atoms with van der Waals surface area (Å²) in [6.45, 7) is 0.997. The van der Waals surface area contributed by atoms with Gasteiger partial charge in [0.15, 0.2) is 0 Å². The maximum absolute atomic E-state index is 11.8. The molecular weight excluding hydrogens is 250 g/mol. The van der Waals surface area contributed by atoms with Crippen molar-refractivity contribution in [2.75, 3.05) is 20.1 Å². The minimum atomic E-state index is -3.45. The highest BCUT2D eigenvalue weighted by atomic mass is 32.2. The normalized spacial score (nSPS) is 12.4. The van der Waals surface area contributed by atoms with Crippen LogP contribution in [-0.2, 0) is 16.8 Å². The quantitative estimate of drug-likeness (QED) is 0.706. The molecule has 3 N–H and O–H groups in total. The Bertz CT molecular complexity index is 471. The predicted molar refractivity (Wildman–Crippen MR) is 73.0 cm³/mol. The molecule has 1 aromatic carbocycles. The van der Waals surface area contributed by atoms with Gasteiger partial charge >= 0.3 is 0 Å². The molecule has 0 spiro atoms. The molecule has 0 amide bonds. The summed E-state index contributed by atoms with van der Waals surface area (Å²) >= 11 is 0. The van der Waals surface area contributed by atoms with Gasteiger partial charge in [0, 0.05) is 26.7 Å². The lowest BCUT2D eigenvalue weighted by atomic mass is 10.2. The second kappa shape index (κ2) is 7.27. The van der Waals surface area contributed by atoms with E-state index in [1.54, 1.807) is 19.2 Å². The molecule has 0 bridgehead atoms. The number of hydrogen-bond acceptors (Lipinski definition) is 3. The standard InChI is InChI=1S/C12H19N3O2S/c1-15(11-12-7-3-2-4-8-12)18(16,17)14-10-6-5-9-13/h2-8,14H,9-11,13H2,1H3/b6-5+. The Kier molecular flexibility index (Phi) is 6.00. The number of hydrogen-bond donors (Lipinski definition) is 2. The van der Waals surface area contributed by atoms with Crippen molar-refractivity contribution in [3.63, 3.8) is 0 Å². The maximum atomic E-state index is 11.8. The van der Waals surface area contributed by atoms with E-state index in [1.807, 2.05) is 30.3 Å². The average molecular weight is 269 g/mol. The largest absolute Gasteiger partial charge is 0.327 e. The van der Waals surface area contributed by atoms with Gasteiger partial charge in [-0.05, 0) is 5.56 Å². The van der Waals surface area contributed by atoms with E-state index in [4.69, 9.17) is 5.73 Å². The van der Waals surface area contributed by atoms with Crippen LogP contribution in [0.2, 0.25) is 0 Å². The molecule has 0 aliphatic heterocycles. The molecule has 0 saturated carbocycles. The van der Waals surface area contributed by atoms with E-state index in [9.17, 15) is 8.42 Å². The molecule has 0 atom stereocenters. The fourth-order valence-electron chi connectivity index (χ4n) is 1.37. The third-order valence-electron chi connectivity index (χ3n) is 2.34. The summed E-state index contributed by atoms with van der Waals surface area (Å²) < 4.78 is 27.4. The van der Waals surface area contributed by atoms with Gasteiger partial charge in [0.2, 0.25) is 0 Å². The average Bonchev–Trinajstić information content (AvgIpc) is 2.36. The van der Waals surface area contributed by atoms with Gasteiger partial charge in [-0.25, -0.2) is 0 Å². The van der Waals surface area contributed by atoms with Gasteiger partial charge in [-0.2, -0.15) is 17.4 Å². The Labute approximate surface area is 108 Å². The molecule has 0 aliphatic rings. The van der Waals surface area contributed by atoms with Crippen molar-refractivity contribution < 1.29 is 8.42 Å². The Morgan fingerprint density at radius 3 is 2.56 bits per heavy atom. The topological polar surface area (TPSA) is 75.4 Å². The number of nitrogens with zero attached hydrogens (tertiary/aromatic N) is 1. The van der Waals surface area contributed by atoms with Crippen LogP contribution < -0.4 is 10.5 Å². The minimum absolute atomic E-state index is 0.249. The van der Waals surface area contributed by atoms with E-state index >= 15 is 0 Å². The lowest BCUT2D eigenvalue weighted by Gasteiger charge is -2.17. The molecule has 0 heterocycles. The molecule has 6 heteroatoms. The van der Waals surface area contributed by atoms with Crippen molar-refractivity contribution in [1.29, 1.82) is 0 Å². The zero-order chi connectivity index (χ0) is 13.4. The molecule has 18 heavy (non-hydrogen) atoms. The van der Waals surface area contributed by atoms with Crippen LogP contribution in [0, 0.1) is 0 Å². The first-order valence-corrected chi connectivity index (χ1v) is 7.10. The summed E-state index contributed by atoms with van der Waals surface area (Å²) in [4.78, 5) is 0. The molecule has 1 rings (SSSR count). The van der Waals surface area contributed by atoms with Crippen molar-refractivity contribution in [3.05, 3.63) is 48.0 Å². The molecule has 0 saturated heterocycles. The molecule has 0 aliphatic carbocycles. The van der Waals surface area contributed by atoms with Crippen LogP contribution in [0.1, 0.15) is 5.56 Å². The first-order valence-electron chi connectivity index (χ1n) is 5.66. The van der Waals surface area contributed by atoms with Crippen molar-refractivity contribution >= 4 is 10.2 Å². The van der Waals surface area contributed by atoms with Gasteiger partial charge in [-0.15, -0.1) is 0 Å². The summed E-state index contributed by atoms with van der Waals surface area (Å²) in [6, 6.07) is 9.44. The summed E-state index contributed by atoms with van der Waals surface area (Å²) in [5, 5.41) is 0. The zero-order valence-electron chi connectivity index (χ0n) is 10.4. The number of rotatable bonds is 7. The van der Waals surface area contributed by atoms with Gasteiger partial charge < -0.3 is 5.73 Å². The van der Waals surface area contributed by atoms with Crippen LogP contribution in [0.3, 0.4) is 0 Å². The fourth-order valence-corrected chi connectivity index (χ4v) is 2.21. The van der Waals surface area contributed by atoms with E-state index in [-0.39, 0.29) is 6.54 Å². The summed E-state index contributed by atoms with van der Waals surface area (Å²) in [7, 11) is -1.90. The Hall–Kier alpha value is -1.21. The maximum Gasteiger partial charge on any atom is 0.279 e. The van der Waals surface area contributed by atoms with E-state index in [0.717, 1.165) is 5.56 Å². The Morgan fingerprint density at radius 1 is 1.28 bits per heavy atom. The molecule has 100 valence electrons. The van der Waals surface area contributed by atoms with Gasteiger partial charge in [-0.3, -0.25) is 0 Å². The highest BCUT2D eigenvalue weighted by molar-refractivity contribution is 7.87. The summed E-state index contributed by atoms with van der Waals surface area (Å²) in [5.74, 6) is 0. The van der Waals surface area contributed by atoms with E-state index in [1.165, 1.54) is 4.31 Å². The first kappa shape index (κ1) is 14.8. The monoisotopic (exact) mass is 269 g/mol. The van der Waals surface area contributed by atoms with Crippen LogP contribution in [0.25, 0.3) is 0 Å².